The van der Waals surface area contributed by atoms with E-state index in [1.807, 2.05) is 25.2 Å². The van der Waals surface area contributed by atoms with Gasteiger partial charge in [-0.3, -0.25) is 4.79 Å². The van der Waals surface area contributed by atoms with Gasteiger partial charge in [0.15, 0.2) is 0 Å². The largest absolute Gasteiger partial charge is 0.481 e. The molecule has 0 unspecified atom stereocenters. The van der Waals surface area contributed by atoms with Crippen molar-refractivity contribution in [2.24, 2.45) is 5.41 Å². The maximum Gasteiger partial charge on any atom is 0.303 e. The van der Waals surface area contributed by atoms with Crippen molar-refractivity contribution in [1.82, 2.24) is 0 Å². The fraction of sp³-hybridized carbons (Fsp3) is 0.500. The average molecular weight is 328 g/mol. The van der Waals surface area contributed by atoms with Crippen molar-refractivity contribution >= 4 is 5.97 Å². The van der Waals surface area contributed by atoms with E-state index in [9.17, 15) is 4.79 Å². The zero-order valence-corrected chi connectivity index (χ0v) is 15.9. The molecule has 0 spiro atoms. The summed E-state index contributed by atoms with van der Waals surface area (Å²) in [5.41, 5.74) is 5.58. The molecule has 0 atom stereocenters. The molecule has 0 aromatic heterocycles. The maximum atomic E-state index is 10.5. The van der Waals surface area contributed by atoms with Gasteiger partial charge in [-0.1, -0.05) is 67.0 Å². The first kappa shape index (κ1) is 20.2. The molecule has 0 heterocycles. The Bertz CT molecular complexity index is 595. The van der Waals surface area contributed by atoms with E-state index in [2.05, 4.69) is 45.9 Å². The molecule has 0 bridgehead atoms. The summed E-state index contributed by atoms with van der Waals surface area (Å²) in [5.74, 6) is -0.751. The molecule has 1 aliphatic carbocycles. The van der Waals surface area contributed by atoms with Gasteiger partial charge in [-0.15, -0.1) is 0 Å². The molecule has 2 nitrogen and oxygen atoms in total. The van der Waals surface area contributed by atoms with E-state index in [0.29, 0.717) is 6.42 Å². The van der Waals surface area contributed by atoms with Crippen molar-refractivity contribution in [3.63, 3.8) is 0 Å². The lowest BCUT2D eigenvalue weighted by atomic mass is 9.72. The van der Waals surface area contributed by atoms with Gasteiger partial charge in [0.2, 0.25) is 0 Å². The van der Waals surface area contributed by atoms with Gasteiger partial charge < -0.3 is 5.11 Å². The second kappa shape index (κ2) is 9.46. The second-order valence-electron chi connectivity index (χ2n) is 7.42. The third kappa shape index (κ3) is 7.16. The first-order valence-electron chi connectivity index (χ1n) is 8.84. The van der Waals surface area contributed by atoms with Crippen LogP contribution in [-0.4, -0.2) is 11.1 Å². The molecular weight excluding hydrogens is 296 g/mol. The van der Waals surface area contributed by atoms with E-state index < -0.39 is 5.97 Å². The molecule has 0 saturated heterocycles. The summed E-state index contributed by atoms with van der Waals surface area (Å²) in [5, 5.41) is 8.63. The standard InChI is InChI=1S/C22H32O2/c1-17(11-7-13-21(23)24)9-6-10-18(2)14-15-20-19(3)12-8-16-22(20,4)5/h6,9-11,14-15H,7-8,12-13,16H2,1-5H3,(H,23,24)/b9-6?,15-14?,17-11?,18-10-. The number of carbonyl (C=O) groups is 1. The van der Waals surface area contributed by atoms with Crippen LogP contribution in [0.3, 0.4) is 0 Å². The minimum atomic E-state index is -0.751. The van der Waals surface area contributed by atoms with Crippen LogP contribution < -0.4 is 0 Å². The van der Waals surface area contributed by atoms with E-state index >= 15 is 0 Å². The van der Waals surface area contributed by atoms with Gasteiger partial charge in [0, 0.05) is 6.42 Å². The number of carboxylic acid groups (broad SMARTS) is 1. The van der Waals surface area contributed by atoms with Gasteiger partial charge in [-0.05, 0) is 57.4 Å². The van der Waals surface area contributed by atoms with Gasteiger partial charge in [-0.25, -0.2) is 0 Å². The number of allylic oxidation sites excluding steroid dienone is 10. The van der Waals surface area contributed by atoms with E-state index in [1.54, 1.807) is 0 Å². The predicted molar refractivity (Wildman–Crippen MR) is 103 cm³/mol. The van der Waals surface area contributed by atoms with Crippen LogP contribution in [0, 0.1) is 5.41 Å². The van der Waals surface area contributed by atoms with Crippen LogP contribution in [-0.2, 0) is 4.79 Å². The molecule has 1 rings (SSSR count). The Balaban J connectivity index is 2.67. The van der Waals surface area contributed by atoms with Crippen LogP contribution in [0.5, 0.6) is 0 Å². The molecule has 0 aliphatic heterocycles. The van der Waals surface area contributed by atoms with Gasteiger partial charge in [-0.2, -0.15) is 0 Å². The summed E-state index contributed by atoms with van der Waals surface area (Å²) >= 11 is 0. The molecule has 24 heavy (non-hydrogen) atoms. The van der Waals surface area contributed by atoms with Crippen LogP contribution >= 0.6 is 0 Å². The lowest BCUT2D eigenvalue weighted by Crippen LogP contribution is -2.19. The van der Waals surface area contributed by atoms with Crippen molar-refractivity contribution in [2.45, 2.75) is 66.7 Å². The minimum absolute atomic E-state index is 0.188. The average Bonchev–Trinajstić information content (AvgIpc) is 2.45. The Kier molecular flexibility index (Phi) is 7.97. The van der Waals surface area contributed by atoms with E-state index in [0.717, 1.165) is 5.57 Å². The number of hydrogen-bond acceptors (Lipinski definition) is 1. The van der Waals surface area contributed by atoms with E-state index in [-0.39, 0.29) is 11.8 Å². The smallest absolute Gasteiger partial charge is 0.303 e. The molecular formula is C22H32O2. The van der Waals surface area contributed by atoms with Crippen molar-refractivity contribution in [1.29, 1.82) is 0 Å². The maximum absolute atomic E-state index is 10.5. The zero-order valence-electron chi connectivity index (χ0n) is 15.9. The highest BCUT2D eigenvalue weighted by Gasteiger charge is 2.26. The Labute approximate surface area is 147 Å². The Morgan fingerprint density at radius 1 is 1.21 bits per heavy atom. The topological polar surface area (TPSA) is 37.3 Å². The lowest BCUT2D eigenvalue weighted by Gasteiger charge is -2.32. The van der Waals surface area contributed by atoms with Crippen molar-refractivity contribution < 1.29 is 9.90 Å². The fourth-order valence-corrected chi connectivity index (χ4v) is 3.12. The molecule has 1 N–H and O–H groups in total. The third-order valence-electron chi connectivity index (χ3n) is 4.60. The highest BCUT2D eigenvalue weighted by Crippen LogP contribution is 2.40. The number of rotatable bonds is 7. The van der Waals surface area contributed by atoms with Crippen LogP contribution in [0.25, 0.3) is 0 Å². The summed E-state index contributed by atoms with van der Waals surface area (Å²) in [7, 11) is 0. The molecule has 2 heteroatoms. The van der Waals surface area contributed by atoms with E-state index in [4.69, 9.17) is 5.11 Å². The third-order valence-corrected chi connectivity index (χ3v) is 4.60. The Hall–Kier alpha value is -1.83. The molecule has 0 aromatic carbocycles. The summed E-state index contributed by atoms with van der Waals surface area (Å²) in [6.45, 7) is 11.0. The number of aliphatic carboxylic acids is 1. The normalized spacial score (nSPS) is 19.5. The van der Waals surface area contributed by atoms with Crippen molar-refractivity contribution in [3.05, 3.63) is 58.7 Å². The highest BCUT2D eigenvalue weighted by atomic mass is 16.4. The predicted octanol–water partition coefficient (Wildman–Crippen LogP) is 6.38. The van der Waals surface area contributed by atoms with E-state index in [1.165, 1.54) is 36.0 Å². The number of hydrogen-bond donors (Lipinski definition) is 1. The molecule has 0 aromatic rings. The molecule has 132 valence electrons. The Morgan fingerprint density at radius 2 is 1.92 bits per heavy atom. The molecule has 0 amide bonds. The van der Waals surface area contributed by atoms with Crippen molar-refractivity contribution in [3.8, 4) is 0 Å². The first-order valence-corrected chi connectivity index (χ1v) is 8.84. The van der Waals surface area contributed by atoms with Gasteiger partial charge in [0.25, 0.3) is 0 Å². The molecule has 1 aliphatic rings. The monoisotopic (exact) mass is 328 g/mol. The fourth-order valence-electron chi connectivity index (χ4n) is 3.12. The zero-order chi connectivity index (χ0) is 18.2. The quantitative estimate of drug-likeness (QED) is 0.550. The van der Waals surface area contributed by atoms with Crippen LogP contribution in [0.15, 0.2) is 58.7 Å². The number of carboxylic acids is 1. The van der Waals surface area contributed by atoms with Gasteiger partial charge in [0.05, 0.1) is 0 Å². The summed E-state index contributed by atoms with van der Waals surface area (Å²) in [6, 6.07) is 0. The van der Waals surface area contributed by atoms with Gasteiger partial charge in [0.1, 0.15) is 0 Å². The molecule has 0 fully saturated rings. The Morgan fingerprint density at radius 3 is 2.54 bits per heavy atom. The summed E-state index contributed by atoms with van der Waals surface area (Å²) < 4.78 is 0. The van der Waals surface area contributed by atoms with Crippen LogP contribution in [0.4, 0.5) is 0 Å². The summed E-state index contributed by atoms with van der Waals surface area (Å²) in [4.78, 5) is 10.5. The molecule has 0 radical (unpaired) electrons. The lowest BCUT2D eigenvalue weighted by molar-refractivity contribution is -0.136. The molecule has 0 saturated carbocycles. The van der Waals surface area contributed by atoms with Gasteiger partial charge >= 0.3 is 5.97 Å². The van der Waals surface area contributed by atoms with Crippen LogP contribution in [0.1, 0.15) is 66.7 Å². The highest BCUT2D eigenvalue weighted by molar-refractivity contribution is 5.66. The SMILES string of the molecule is CC(C=C/C=C(/C)C=CC1=C(C)CCCC1(C)C)=CCCC(=O)O. The summed E-state index contributed by atoms with van der Waals surface area (Å²) in [6.07, 6.45) is 17.1. The minimum Gasteiger partial charge on any atom is -0.481 e. The second-order valence-corrected chi connectivity index (χ2v) is 7.42. The first-order chi connectivity index (χ1) is 11.2. The van der Waals surface area contributed by atoms with Crippen LogP contribution in [0.2, 0.25) is 0 Å². The van der Waals surface area contributed by atoms with Crippen molar-refractivity contribution in [2.75, 3.05) is 0 Å².